The maximum atomic E-state index is 12.1. The summed E-state index contributed by atoms with van der Waals surface area (Å²) >= 11 is 0. The lowest BCUT2D eigenvalue weighted by molar-refractivity contribution is -0.121. The van der Waals surface area contributed by atoms with Gasteiger partial charge in [0.1, 0.15) is 12.3 Å². The summed E-state index contributed by atoms with van der Waals surface area (Å²) < 4.78 is 5.22. The third-order valence-corrected chi connectivity index (χ3v) is 4.24. The molecule has 1 aliphatic heterocycles. The van der Waals surface area contributed by atoms with Crippen LogP contribution in [0.25, 0.3) is 0 Å². The van der Waals surface area contributed by atoms with Crippen LogP contribution in [0.1, 0.15) is 27.7 Å². The number of amides is 1. The van der Waals surface area contributed by atoms with Gasteiger partial charge in [-0.1, -0.05) is 0 Å². The molecule has 0 aromatic heterocycles. The third-order valence-electron chi connectivity index (χ3n) is 4.24. The fourth-order valence-corrected chi connectivity index (χ4v) is 3.00. The molecule has 0 saturated carbocycles. The highest BCUT2D eigenvalue weighted by atomic mass is 16.5. The number of carbonyl (C=O) groups excluding carboxylic acids is 1. The Bertz CT molecular complexity index is 629. The lowest BCUT2D eigenvalue weighted by atomic mass is 10.1. The first-order valence-electron chi connectivity index (χ1n) is 9.55. The van der Waals surface area contributed by atoms with Crippen molar-refractivity contribution in [1.29, 1.82) is 0 Å². The summed E-state index contributed by atoms with van der Waals surface area (Å²) in [5.74, 6) is 1.61. The fraction of sp³-hybridized carbons (Fsp3) is 0.600. The Morgan fingerprint density at radius 2 is 1.78 bits per heavy atom. The van der Waals surface area contributed by atoms with Crippen molar-refractivity contribution >= 4 is 17.6 Å². The van der Waals surface area contributed by atoms with Crippen molar-refractivity contribution in [3.63, 3.8) is 0 Å². The van der Waals surface area contributed by atoms with Crippen molar-refractivity contribution in [1.82, 2.24) is 15.5 Å². The highest BCUT2D eigenvalue weighted by Crippen LogP contribution is 2.20. The van der Waals surface area contributed by atoms with Gasteiger partial charge in [-0.15, -0.1) is 0 Å². The van der Waals surface area contributed by atoms with E-state index in [1.54, 1.807) is 7.11 Å². The first kappa shape index (κ1) is 20.9. The first-order chi connectivity index (χ1) is 12.8. The van der Waals surface area contributed by atoms with Gasteiger partial charge in [0.05, 0.1) is 7.11 Å². The molecule has 2 N–H and O–H groups in total. The quantitative estimate of drug-likeness (QED) is 0.606. The summed E-state index contributed by atoms with van der Waals surface area (Å²) in [6, 6.07) is 8.15. The minimum Gasteiger partial charge on any atom is -0.497 e. The Morgan fingerprint density at radius 1 is 1.15 bits per heavy atom. The molecule has 1 saturated heterocycles. The zero-order chi connectivity index (χ0) is 19.9. The average Bonchev–Trinajstić information content (AvgIpc) is 2.64. The summed E-state index contributed by atoms with van der Waals surface area (Å²) in [6.07, 6.45) is 0. The number of nitrogens with zero attached hydrogens (tertiary/aromatic N) is 3. The van der Waals surface area contributed by atoms with E-state index in [2.05, 4.69) is 37.6 Å². The monoisotopic (exact) mass is 375 g/mol. The molecule has 1 aromatic rings. The summed E-state index contributed by atoms with van der Waals surface area (Å²) in [7, 11) is 1.68. The van der Waals surface area contributed by atoms with Crippen LogP contribution in [0.3, 0.4) is 0 Å². The number of hydrogen-bond donors (Lipinski definition) is 2. The van der Waals surface area contributed by atoms with Crippen molar-refractivity contribution in [2.75, 3.05) is 51.3 Å². The van der Waals surface area contributed by atoms with E-state index in [1.165, 1.54) is 5.69 Å². The topological polar surface area (TPSA) is 69.2 Å². The van der Waals surface area contributed by atoms with Gasteiger partial charge < -0.3 is 25.2 Å². The summed E-state index contributed by atoms with van der Waals surface area (Å²) in [4.78, 5) is 21.2. The summed E-state index contributed by atoms with van der Waals surface area (Å²) in [5.41, 5.74) is 0.955. The van der Waals surface area contributed by atoms with Crippen molar-refractivity contribution < 1.29 is 9.53 Å². The van der Waals surface area contributed by atoms with Gasteiger partial charge in [-0.2, -0.15) is 0 Å². The highest BCUT2D eigenvalue weighted by Gasteiger charge is 2.20. The van der Waals surface area contributed by atoms with Gasteiger partial charge in [0, 0.05) is 44.0 Å². The van der Waals surface area contributed by atoms with E-state index < -0.39 is 0 Å². The minimum atomic E-state index is -0.241. The number of piperazine rings is 1. The Balaban J connectivity index is 1.93. The number of guanidine groups is 1. The summed E-state index contributed by atoms with van der Waals surface area (Å²) in [6.45, 7) is 12.4. The second-order valence-electron chi connectivity index (χ2n) is 7.64. The molecule has 0 bridgehead atoms. The second-order valence-corrected chi connectivity index (χ2v) is 7.64. The van der Waals surface area contributed by atoms with E-state index in [9.17, 15) is 4.79 Å². The van der Waals surface area contributed by atoms with Gasteiger partial charge in [-0.05, 0) is 52.0 Å². The normalized spacial score (nSPS) is 15.5. The molecule has 27 heavy (non-hydrogen) atoms. The lowest BCUT2D eigenvalue weighted by Crippen LogP contribution is -2.53. The number of anilines is 1. The molecule has 1 amide bonds. The SMILES string of the molecule is CCNC(=NCC(=O)NC(C)(C)C)N1CCN(c2ccc(OC)cc2)CC1. The molecule has 7 heteroatoms. The molecule has 7 nitrogen and oxygen atoms in total. The van der Waals surface area contributed by atoms with Crippen LogP contribution in [0.5, 0.6) is 5.75 Å². The minimum absolute atomic E-state index is 0.0604. The van der Waals surface area contributed by atoms with Crippen molar-refractivity contribution in [2.45, 2.75) is 33.2 Å². The van der Waals surface area contributed by atoms with Crippen LogP contribution < -0.4 is 20.3 Å². The summed E-state index contributed by atoms with van der Waals surface area (Å²) in [5, 5.41) is 6.25. The third kappa shape index (κ3) is 6.66. The van der Waals surface area contributed by atoms with Crippen LogP contribution in [-0.4, -0.2) is 68.7 Å². The number of ether oxygens (including phenoxy) is 1. The molecular formula is C20H33N5O2. The molecular weight excluding hydrogens is 342 g/mol. The molecule has 2 rings (SSSR count). The first-order valence-corrected chi connectivity index (χ1v) is 9.55. The molecule has 0 radical (unpaired) electrons. The van der Waals surface area contributed by atoms with Crippen LogP contribution in [0.15, 0.2) is 29.3 Å². The van der Waals surface area contributed by atoms with Gasteiger partial charge in [0.15, 0.2) is 5.96 Å². The predicted molar refractivity (Wildman–Crippen MR) is 111 cm³/mol. The van der Waals surface area contributed by atoms with Crippen LogP contribution in [0, 0.1) is 0 Å². The maximum Gasteiger partial charge on any atom is 0.242 e. The van der Waals surface area contributed by atoms with Crippen molar-refractivity contribution in [3.05, 3.63) is 24.3 Å². The number of carbonyl (C=O) groups is 1. The Kier molecular flexibility index (Phi) is 7.33. The predicted octanol–water partition coefficient (Wildman–Crippen LogP) is 1.70. The standard InChI is InChI=1S/C20H33N5O2/c1-6-21-19(22-15-18(26)23-20(2,3)4)25-13-11-24(12-14-25)16-7-9-17(27-5)10-8-16/h7-10H,6,11-15H2,1-5H3,(H,21,22)(H,23,26). The van der Waals surface area contributed by atoms with Gasteiger partial charge in [0.2, 0.25) is 5.91 Å². The van der Waals surface area contributed by atoms with Crippen molar-refractivity contribution in [3.8, 4) is 5.75 Å². The lowest BCUT2D eigenvalue weighted by Gasteiger charge is -2.37. The molecule has 1 aliphatic rings. The Hall–Kier alpha value is -2.44. The molecule has 1 aromatic carbocycles. The largest absolute Gasteiger partial charge is 0.497 e. The van der Waals surface area contributed by atoms with Crippen LogP contribution in [0.2, 0.25) is 0 Å². The molecule has 0 atom stereocenters. The Labute approximate surface area is 162 Å². The number of hydrogen-bond acceptors (Lipinski definition) is 4. The number of rotatable bonds is 5. The van der Waals surface area contributed by atoms with Gasteiger partial charge >= 0.3 is 0 Å². The fourth-order valence-electron chi connectivity index (χ4n) is 3.00. The molecule has 0 spiro atoms. The second kappa shape index (κ2) is 9.48. The zero-order valence-electron chi connectivity index (χ0n) is 17.2. The average molecular weight is 376 g/mol. The molecule has 1 fully saturated rings. The molecule has 0 aliphatic carbocycles. The zero-order valence-corrected chi connectivity index (χ0v) is 17.2. The van der Waals surface area contributed by atoms with E-state index in [1.807, 2.05) is 39.8 Å². The van der Waals surface area contributed by atoms with Gasteiger partial charge in [-0.25, -0.2) is 4.99 Å². The number of benzene rings is 1. The smallest absolute Gasteiger partial charge is 0.242 e. The number of aliphatic imine (C=N–C) groups is 1. The van der Waals surface area contributed by atoms with E-state index in [0.717, 1.165) is 44.4 Å². The van der Waals surface area contributed by atoms with Crippen molar-refractivity contribution in [2.24, 2.45) is 4.99 Å². The van der Waals surface area contributed by atoms with Gasteiger partial charge in [-0.3, -0.25) is 4.79 Å². The van der Waals surface area contributed by atoms with E-state index in [-0.39, 0.29) is 18.0 Å². The number of methoxy groups -OCH3 is 1. The van der Waals surface area contributed by atoms with E-state index in [0.29, 0.717) is 0 Å². The Morgan fingerprint density at radius 3 is 2.30 bits per heavy atom. The van der Waals surface area contributed by atoms with Crippen LogP contribution in [-0.2, 0) is 4.79 Å². The highest BCUT2D eigenvalue weighted by molar-refractivity contribution is 5.85. The van der Waals surface area contributed by atoms with Crippen LogP contribution in [0.4, 0.5) is 5.69 Å². The maximum absolute atomic E-state index is 12.1. The molecule has 0 unspecified atom stereocenters. The van der Waals surface area contributed by atoms with E-state index in [4.69, 9.17) is 4.74 Å². The number of nitrogens with one attached hydrogen (secondary N) is 2. The molecule has 150 valence electrons. The van der Waals surface area contributed by atoms with E-state index >= 15 is 0 Å². The van der Waals surface area contributed by atoms with Crippen LogP contribution >= 0.6 is 0 Å². The van der Waals surface area contributed by atoms with Gasteiger partial charge in [0.25, 0.3) is 0 Å². The molecule has 1 heterocycles.